The molecule has 7 nitrogen and oxygen atoms in total. The molecule has 1 rings (SSSR count). The maximum atomic E-state index is 12.4. The van der Waals surface area contributed by atoms with Gasteiger partial charge in [-0.05, 0) is 31.9 Å². The molecule has 0 bridgehead atoms. The van der Waals surface area contributed by atoms with E-state index in [9.17, 15) is 18.0 Å². The maximum absolute atomic E-state index is 12.4. The van der Waals surface area contributed by atoms with Crippen molar-refractivity contribution < 1.29 is 22.7 Å². The van der Waals surface area contributed by atoms with Gasteiger partial charge >= 0.3 is 12.0 Å². The van der Waals surface area contributed by atoms with Crippen molar-refractivity contribution >= 4 is 22.0 Å². The molecule has 0 aromatic heterocycles. The van der Waals surface area contributed by atoms with Gasteiger partial charge in [0.05, 0.1) is 12.0 Å². The number of urea groups is 1. The summed E-state index contributed by atoms with van der Waals surface area (Å²) in [5, 5.41) is 2.62. The van der Waals surface area contributed by atoms with Gasteiger partial charge in [-0.2, -0.15) is 0 Å². The lowest BCUT2D eigenvalue weighted by molar-refractivity contribution is -0.140. The highest BCUT2D eigenvalue weighted by Gasteiger charge is 2.24. The number of ether oxygens (including phenoxy) is 1. The van der Waals surface area contributed by atoms with Crippen molar-refractivity contribution in [3.05, 3.63) is 29.8 Å². The van der Waals surface area contributed by atoms with E-state index in [-0.39, 0.29) is 10.9 Å². The summed E-state index contributed by atoms with van der Waals surface area (Å²) in [6.07, 6.45) is 4.73. The number of unbranched alkanes of at least 4 members (excludes halogenated alkanes) is 4. The summed E-state index contributed by atoms with van der Waals surface area (Å²) in [6, 6.07) is 5.72. The van der Waals surface area contributed by atoms with Crippen LogP contribution >= 0.6 is 0 Å². The molecule has 26 heavy (non-hydrogen) atoms. The van der Waals surface area contributed by atoms with Crippen LogP contribution in [0.15, 0.2) is 29.2 Å². The zero-order valence-corrected chi connectivity index (χ0v) is 16.5. The molecule has 0 heterocycles. The number of hydrogen-bond acceptors (Lipinski definition) is 5. The zero-order valence-electron chi connectivity index (χ0n) is 15.7. The Morgan fingerprint density at radius 3 is 2.23 bits per heavy atom. The topological polar surface area (TPSA) is 92.8 Å². The molecular formula is C18H28N2O5S. The van der Waals surface area contributed by atoms with E-state index in [2.05, 4.69) is 10.1 Å². The van der Waals surface area contributed by atoms with Crippen LogP contribution in [-0.2, 0) is 19.6 Å². The summed E-state index contributed by atoms with van der Waals surface area (Å²) in [5.41, 5.74) is 0.947. The number of esters is 1. The summed E-state index contributed by atoms with van der Waals surface area (Å²) in [4.78, 5) is 23.1. The Morgan fingerprint density at radius 1 is 1.04 bits per heavy atom. The summed E-state index contributed by atoms with van der Waals surface area (Å²) >= 11 is 0. The Morgan fingerprint density at radius 2 is 1.62 bits per heavy atom. The standard InChI is InChI=1S/C18H28N2O5S/c1-15-10-12-16(13-11-15)26(23,24)20(2)18(22)19-14-8-6-4-5-7-9-17(21)25-3/h10-13H,4-9,14H2,1-3H3,(H,19,22). The Bertz CT molecular complexity index is 686. The number of aryl methyl sites for hydroxylation is 1. The van der Waals surface area contributed by atoms with Crippen LogP contribution in [0.1, 0.15) is 44.1 Å². The van der Waals surface area contributed by atoms with Gasteiger partial charge in [-0.3, -0.25) is 4.79 Å². The Balaban J connectivity index is 2.30. The van der Waals surface area contributed by atoms with E-state index in [0.29, 0.717) is 13.0 Å². The Labute approximate surface area is 155 Å². The van der Waals surface area contributed by atoms with Crippen molar-refractivity contribution in [2.75, 3.05) is 20.7 Å². The highest BCUT2D eigenvalue weighted by molar-refractivity contribution is 7.89. The minimum absolute atomic E-state index is 0.0892. The minimum atomic E-state index is -3.84. The molecule has 0 saturated heterocycles. The smallest absolute Gasteiger partial charge is 0.331 e. The van der Waals surface area contributed by atoms with Crippen molar-refractivity contribution in [1.29, 1.82) is 0 Å². The van der Waals surface area contributed by atoms with Crippen LogP contribution in [-0.4, -0.2) is 45.4 Å². The molecule has 0 spiro atoms. The molecule has 1 aromatic carbocycles. The summed E-state index contributed by atoms with van der Waals surface area (Å²) in [6.45, 7) is 2.27. The van der Waals surface area contributed by atoms with E-state index in [4.69, 9.17) is 0 Å². The third kappa shape index (κ3) is 7.03. The Kier molecular flexibility index (Phi) is 9.12. The highest BCUT2D eigenvalue weighted by atomic mass is 32.2. The highest BCUT2D eigenvalue weighted by Crippen LogP contribution is 2.15. The van der Waals surface area contributed by atoms with Gasteiger partial charge in [0.15, 0.2) is 0 Å². The predicted molar refractivity (Wildman–Crippen MR) is 99.2 cm³/mol. The van der Waals surface area contributed by atoms with E-state index < -0.39 is 16.1 Å². The normalized spacial score (nSPS) is 11.0. The summed E-state index contributed by atoms with van der Waals surface area (Å²) in [7, 11) is -1.22. The fraction of sp³-hybridized carbons (Fsp3) is 0.556. The monoisotopic (exact) mass is 384 g/mol. The molecule has 0 aliphatic rings. The molecular weight excluding hydrogens is 356 g/mol. The van der Waals surface area contributed by atoms with Gasteiger partial charge in [0.2, 0.25) is 0 Å². The molecule has 0 radical (unpaired) electrons. The number of nitrogens with one attached hydrogen (secondary N) is 1. The number of benzene rings is 1. The first kappa shape index (κ1) is 22.0. The molecule has 0 aliphatic heterocycles. The van der Waals surface area contributed by atoms with Gasteiger partial charge in [0, 0.05) is 20.0 Å². The fourth-order valence-electron chi connectivity index (χ4n) is 2.31. The molecule has 0 saturated carbocycles. The van der Waals surface area contributed by atoms with E-state index in [1.165, 1.54) is 26.3 Å². The summed E-state index contributed by atoms with van der Waals surface area (Å²) < 4.78 is 30.1. The van der Waals surface area contributed by atoms with Crippen LogP contribution in [0.25, 0.3) is 0 Å². The van der Waals surface area contributed by atoms with Gasteiger partial charge in [-0.25, -0.2) is 17.5 Å². The van der Waals surface area contributed by atoms with Crippen molar-refractivity contribution in [3.63, 3.8) is 0 Å². The second-order valence-corrected chi connectivity index (χ2v) is 8.08. The van der Waals surface area contributed by atoms with Crippen LogP contribution < -0.4 is 5.32 Å². The summed E-state index contributed by atoms with van der Waals surface area (Å²) in [5.74, 6) is -0.199. The third-order valence-electron chi connectivity index (χ3n) is 4.03. The molecule has 0 fully saturated rings. The Hall–Kier alpha value is -2.09. The van der Waals surface area contributed by atoms with Crippen LogP contribution in [0.4, 0.5) is 4.79 Å². The van der Waals surface area contributed by atoms with Gasteiger partial charge < -0.3 is 10.1 Å². The molecule has 8 heteroatoms. The molecule has 1 N–H and O–H groups in total. The van der Waals surface area contributed by atoms with Crippen molar-refractivity contribution in [1.82, 2.24) is 9.62 Å². The average Bonchev–Trinajstić information content (AvgIpc) is 2.63. The largest absolute Gasteiger partial charge is 0.469 e. The number of rotatable bonds is 10. The molecule has 0 aliphatic carbocycles. The molecule has 2 amide bonds. The van der Waals surface area contributed by atoms with Gasteiger partial charge in [-0.15, -0.1) is 0 Å². The fourth-order valence-corrected chi connectivity index (χ4v) is 3.39. The SMILES string of the molecule is COC(=O)CCCCCCCNC(=O)N(C)S(=O)(=O)c1ccc(C)cc1. The van der Waals surface area contributed by atoms with E-state index in [1.54, 1.807) is 12.1 Å². The number of carbonyl (C=O) groups excluding carboxylic acids is 2. The van der Waals surface area contributed by atoms with Crippen LogP contribution in [0.3, 0.4) is 0 Å². The van der Waals surface area contributed by atoms with E-state index in [1.807, 2.05) is 6.92 Å². The predicted octanol–water partition coefficient (Wildman–Crippen LogP) is 2.84. The number of hydrogen-bond donors (Lipinski definition) is 1. The first-order chi connectivity index (χ1) is 12.3. The number of nitrogens with zero attached hydrogens (tertiary/aromatic N) is 1. The first-order valence-corrected chi connectivity index (χ1v) is 10.1. The van der Waals surface area contributed by atoms with Crippen LogP contribution in [0, 0.1) is 6.92 Å². The van der Waals surface area contributed by atoms with E-state index in [0.717, 1.165) is 42.0 Å². The van der Waals surface area contributed by atoms with Gasteiger partial charge in [0.1, 0.15) is 0 Å². The van der Waals surface area contributed by atoms with Crippen molar-refractivity contribution in [2.45, 2.75) is 50.3 Å². The maximum Gasteiger partial charge on any atom is 0.331 e. The van der Waals surface area contributed by atoms with Crippen molar-refractivity contribution in [3.8, 4) is 0 Å². The average molecular weight is 384 g/mol. The lowest BCUT2D eigenvalue weighted by Crippen LogP contribution is -2.41. The zero-order chi connectivity index (χ0) is 19.6. The number of methoxy groups -OCH3 is 1. The van der Waals surface area contributed by atoms with Crippen LogP contribution in [0.2, 0.25) is 0 Å². The molecule has 1 aromatic rings. The third-order valence-corrected chi connectivity index (χ3v) is 5.78. The lowest BCUT2D eigenvalue weighted by Gasteiger charge is -2.18. The first-order valence-electron chi connectivity index (χ1n) is 8.69. The molecule has 0 atom stereocenters. The molecule has 146 valence electrons. The van der Waals surface area contributed by atoms with Crippen molar-refractivity contribution in [2.24, 2.45) is 0 Å². The van der Waals surface area contributed by atoms with Gasteiger partial charge in [-0.1, -0.05) is 37.0 Å². The van der Waals surface area contributed by atoms with Crippen LogP contribution in [0.5, 0.6) is 0 Å². The number of carbonyl (C=O) groups is 2. The minimum Gasteiger partial charge on any atom is -0.469 e. The van der Waals surface area contributed by atoms with Gasteiger partial charge in [0.25, 0.3) is 10.0 Å². The molecule has 0 unspecified atom stereocenters. The quantitative estimate of drug-likeness (QED) is 0.495. The second-order valence-electron chi connectivity index (χ2n) is 6.11. The number of sulfonamides is 1. The second kappa shape index (κ2) is 10.8. The number of amides is 2. The lowest BCUT2D eigenvalue weighted by atomic mass is 10.1. The van der Waals surface area contributed by atoms with E-state index >= 15 is 0 Å².